The summed E-state index contributed by atoms with van der Waals surface area (Å²) in [7, 11) is 0. The molecule has 0 aromatic heterocycles. The monoisotopic (exact) mass is 280 g/mol. The smallest absolute Gasteiger partial charge is 0.241 e. The molecule has 2 fully saturated rings. The van der Waals surface area contributed by atoms with Gasteiger partial charge in [0.25, 0.3) is 0 Å². The van der Waals surface area contributed by atoms with Gasteiger partial charge in [-0.2, -0.15) is 0 Å². The van der Waals surface area contributed by atoms with E-state index in [1.54, 1.807) is 0 Å². The topological polar surface area (TPSA) is 32.3 Å². The van der Waals surface area contributed by atoms with Crippen molar-refractivity contribution in [1.82, 2.24) is 10.2 Å². The fourth-order valence-corrected chi connectivity index (χ4v) is 3.73. The van der Waals surface area contributed by atoms with E-state index in [9.17, 15) is 4.79 Å². The van der Waals surface area contributed by atoms with E-state index in [1.165, 1.54) is 32.1 Å². The molecule has 0 radical (unpaired) electrons. The predicted octanol–water partition coefficient (Wildman–Crippen LogP) is 3.40. The predicted molar refractivity (Wildman–Crippen MR) is 83.3 cm³/mol. The zero-order chi connectivity index (χ0) is 14.7. The number of carbonyl (C=O) groups is 1. The fourth-order valence-electron chi connectivity index (χ4n) is 3.73. The van der Waals surface area contributed by atoms with Crippen LogP contribution in [0.25, 0.3) is 0 Å². The zero-order valence-electron chi connectivity index (χ0n) is 13.7. The van der Waals surface area contributed by atoms with Gasteiger partial charge in [-0.3, -0.25) is 10.1 Å². The lowest BCUT2D eigenvalue weighted by molar-refractivity contribution is -0.131. The highest BCUT2D eigenvalue weighted by Gasteiger charge is 2.41. The molecule has 3 nitrogen and oxygen atoms in total. The fraction of sp³-hybridized carbons (Fsp3) is 0.941. The minimum atomic E-state index is 0.0379. The summed E-state index contributed by atoms with van der Waals surface area (Å²) in [6.45, 7) is 9.74. The lowest BCUT2D eigenvalue weighted by Crippen LogP contribution is -2.42. The van der Waals surface area contributed by atoms with Gasteiger partial charge in [0.05, 0.1) is 12.2 Å². The normalized spacial score (nSPS) is 29.6. The Morgan fingerprint density at radius 3 is 2.45 bits per heavy atom. The van der Waals surface area contributed by atoms with E-state index in [2.05, 4.69) is 37.9 Å². The van der Waals surface area contributed by atoms with Gasteiger partial charge in [0.2, 0.25) is 5.91 Å². The molecule has 1 aliphatic carbocycles. The molecule has 1 N–H and O–H groups in total. The van der Waals surface area contributed by atoms with E-state index in [0.717, 1.165) is 18.9 Å². The Morgan fingerprint density at radius 1 is 1.25 bits per heavy atom. The van der Waals surface area contributed by atoms with E-state index in [1.807, 2.05) is 0 Å². The van der Waals surface area contributed by atoms with Crippen LogP contribution in [0.5, 0.6) is 0 Å². The summed E-state index contributed by atoms with van der Waals surface area (Å²) in [6.07, 6.45) is 8.02. The molecule has 116 valence electrons. The molecule has 2 aliphatic rings. The summed E-state index contributed by atoms with van der Waals surface area (Å²) in [5.41, 5.74) is 0. The third-order valence-corrected chi connectivity index (χ3v) is 5.33. The molecule has 20 heavy (non-hydrogen) atoms. The molecule has 3 heteroatoms. The first kappa shape index (κ1) is 15.8. The van der Waals surface area contributed by atoms with Crippen LogP contribution in [-0.4, -0.2) is 29.6 Å². The van der Waals surface area contributed by atoms with Gasteiger partial charge in [0.1, 0.15) is 0 Å². The van der Waals surface area contributed by atoms with E-state index < -0.39 is 0 Å². The number of hydrogen-bond donors (Lipinski definition) is 1. The van der Waals surface area contributed by atoms with Crippen LogP contribution < -0.4 is 5.32 Å². The highest BCUT2D eigenvalue weighted by atomic mass is 16.2. The van der Waals surface area contributed by atoms with Crippen LogP contribution in [0.4, 0.5) is 0 Å². The van der Waals surface area contributed by atoms with Crippen LogP contribution in [0.15, 0.2) is 0 Å². The van der Waals surface area contributed by atoms with Crippen LogP contribution >= 0.6 is 0 Å². The van der Waals surface area contributed by atoms with Crippen molar-refractivity contribution in [2.75, 3.05) is 6.54 Å². The van der Waals surface area contributed by atoms with E-state index >= 15 is 0 Å². The van der Waals surface area contributed by atoms with Crippen molar-refractivity contribution >= 4 is 5.91 Å². The standard InChI is InChI=1S/C17H32N2O/c1-5-13(4)15-17(20)19(16(18-15)12(2)3)11-10-14-8-6-7-9-14/h12-16,18H,5-11H2,1-4H3. The summed E-state index contributed by atoms with van der Waals surface area (Å²) in [4.78, 5) is 14.8. The first-order chi connectivity index (χ1) is 9.54. The lowest BCUT2D eigenvalue weighted by atomic mass is 9.99. The summed E-state index contributed by atoms with van der Waals surface area (Å²) < 4.78 is 0. The van der Waals surface area contributed by atoms with Gasteiger partial charge in [-0.25, -0.2) is 0 Å². The van der Waals surface area contributed by atoms with Crippen molar-refractivity contribution in [3.8, 4) is 0 Å². The number of nitrogens with zero attached hydrogens (tertiary/aromatic N) is 1. The molecular formula is C17H32N2O. The number of rotatable bonds is 6. The average Bonchev–Trinajstić information content (AvgIpc) is 3.03. The van der Waals surface area contributed by atoms with Crippen LogP contribution in [0.2, 0.25) is 0 Å². The van der Waals surface area contributed by atoms with Crippen LogP contribution in [-0.2, 0) is 4.79 Å². The maximum Gasteiger partial charge on any atom is 0.241 e. The van der Waals surface area contributed by atoms with Crippen LogP contribution in [0.3, 0.4) is 0 Å². The van der Waals surface area contributed by atoms with Crippen LogP contribution in [0, 0.1) is 17.8 Å². The summed E-state index contributed by atoms with van der Waals surface area (Å²) in [6, 6.07) is 0.0379. The zero-order valence-corrected chi connectivity index (χ0v) is 13.7. The van der Waals surface area contributed by atoms with Crippen molar-refractivity contribution < 1.29 is 4.79 Å². The molecular weight excluding hydrogens is 248 g/mol. The average molecular weight is 280 g/mol. The van der Waals surface area contributed by atoms with E-state index in [0.29, 0.717) is 17.7 Å². The van der Waals surface area contributed by atoms with Gasteiger partial charge >= 0.3 is 0 Å². The first-order valence-corrected chi connectivity index (χ1v) is 8.61. The first-order valence-electron chi connectivity index (χ1n) is 8.61. The molecule has 3 unspecified atom stereocenters. The molecule has 0 aromatic rings. The van der Waals surface area contributed by atoms with Crippen molar-refractivity contribution in [3.63, 3.8) is 0 Å². The molecule has 0 aromatic carbocycles. The highest BCUT2D eigenvalue weighted by molar-refractivity contribution is 5.84. The molecule has 3 atom stereocenters. The second-order valence-corrected chi connectivity index (χ2v) is 7.19. The Morgan fingerprint density at radius 2 is 1.90 bits per heavy atom. The van der Waals surface area contributed by atoms with Gasteiger partial charge in [-0.15, -0.1) is 0 Å². The molecule has 1 amide bonds. The second-order valence-electron chi connectivity index (χ2n) is 7.19. The van der Waals surface area contributed by atoms with Gasteiger partial charge in [-0.1, -0.05) is 59.8 Å². The maximum absolute atomic E-state index is 12.7. The Bertz CT molecular complexity index is 323. The molecule has 1 saturated carbocycles. The minimum absolute atomic E-state index is 0.0379. The van der Waals surface area contributed by atoms with Gasteiger partial charge in [0.15, 0.2) is 0 Å². The molecule has 0 spiro atoms. The van der Waals surface area contributed by atoms with Crippen LogP contribution in [0.1, 0.15) is 66.2 Å². The van der Waals surface area contributed by atoms with Gasteiger partial charge < -0.3 is 4.90 Å². The van der Waals surface area contributed by atoms with Crippen molar-refractivity contribution in [3.05, 3.63) is 0 Å². The Kier molecular flexibility index (Phi) is 5.48. The number of hydrogen-bond acceptors (Lipinski definition) is 2. The van der Waals surface area contributed by atoms with Crippen molar-refractivity contribution in [2.24, 2.45) is 17.8 Å². The molecule has 0 bridgehead atoms. The summed E-state index contributed by atoms with van der Waals surface area (Å²) in [5.74, 6) is 2.12. The van der Waals surface area contributed by atoms with E-state index in [4.69, 9.17) is 0 Å². The maximum atomic E-state index is 12.7. The molecule has 2 rings (SSSR count). The summed E-state index contributed by atoms with van der Waals surface area (Å²) >= 11 is 0. The molecule has 1 saturated heterocycles. The largest absolute Gasteiger partial charge is 0.326 e. The third kappa shape index (κ3) is 3.36. The minimum Gasteiger partial charge on any atom is -0.326 e. The lowest BCUT2D eigenvalue weighted by Gasteiger charge is -2.28. The van der Waals surface area contributed by atoms with Crippen molar-refractivity contribution in [2.45, 2.75) is 78.4 Å². The molecule has 1 aliphatic heterocycles. The van der Waals surface area contributed by atoms with Gasteiger partial charge in [-0.05, 0) is 24.2 Å². The second kappa shape index (κ2) is 6.93. The molecule has 1 heterocycles. The quantitative estimate of drug-likeness (QED) is 0.809. The highest BCUT2D eigenvalue weighted by Crippen LogP contribution is 2.29. The SMILES string of the molecule is CCC(C)C1NC(C(C)C)N(CCC2CCCC2)C1=O. The van der Waals surface area contributed by atoms with Crippen molar-refractivity contribution in [1.29, 1.82) is 0 Å². The Labute approximate surface area is 124 Å². The number of amides is 1. The number of nitrogens with one attached hydrogen (secondary N) is 1. The third-order valence-electron chi connectivity index (χ3n) is 5.33. The number of carbonyl (C=O) groups excluding carboxylic acids is 1. The van der Waals surface area contributed by atoms with E-state index in [-0.39, 0.29) is 12.2 Å². The summed E-state index contributed by atoms with van der Waals surface area (Å²) in [5, 5.41) is 3.59. The Balaban J connectivity index is 1.97. The Hall–Kier alpha value is -0.570. The van der Waals surface area contributed by atoms with Gasteiger partial charge in [0, 0.05) is 6.54 Å².